The molecule has 2 nitrogen and oxygen atoms in total. The quantitative estimate of drug-likeness (QED) is 0.807. The van der Waals surface area contributed by atoms with Gasteiger partial charge in [0.1, 0.15) is 0 Å². The molecule has 1 aromatic rings. The summed E-state index contributed by atoms with van der Waals surface area (Å²) < 4.78 is 0. The van der Waals surface area contributed by atoms with Gasteiger partial charge in [-0.25, -0.2) is 0 Å². The maximum Gasteiger partial charge on any atom is 0.0501 e. The Morgan fingerprint density at radius 1 is 1.21 bits per heavy atom. The van der Waals surface area contributed by atoms with Crippen molar-refractivity contribution in [1.29, 1.82) is 0 Å². The summed E-state index contributed by atoms with van der Waals surface area (Å²) in [5.74, 6) is 0. The molecule has 108 valence electrons. The summed E-state index contributed by atoms with van der Waals surface area (Å²) >= 11 is 0. The Morgan fingerprint density at radius 2 is 1.89 bits per heavy atom. The smallest absolute Gasteiger partial charge is 0.0501 e. The van der Waals surface area contributed by atoms with E-state index in [9.17, 15) is 0 Å². The highest BCUT2D eigenvalue weighted by molar-refractivity contribution is 5.28. The van der Waals surface area contributed by atoms with Crippen molar-refractivity contribution in [1.82, 2.24) is 10.2 Å². The van der Waals surface area contributed by atoms with Crippen molar-refractivity contribution in [2.75, 3.05) is 20.6 Å². The lowest BCUT2D eigenvalue weighted by Crippen LogP contribution is -2.49. The van der Waals surface area contributed by atoms with Gasteiger partial charge in [-0.2, -0.15) is 0 Å². The second-order valence-corrected chi connectivity index (χ2v) is 6.03. The predicted molar refractivity (Wildman–Crippen MR) is 84.6 cm³/mol. The number of hydrogen-bond donors (Lipinski definition) is 1. The highest BCUT2D eigenvalue weighted by Crippen LogP contribution is 2.30. The van der Waals surface area contributed by atoms with Gasteiger partial charge in [-0.05, 0) is 58.5 Å². The van der Waals surface area contributed by atoms with Crippen LogP contribution in [0.5, 0.6) is 0 Å². The van der Waals surface area contributed by atoms with Gasteiger partial charge >= 0.3 is 0 Å². The third-order valence-electron chi connectivity index (χ3n) is 4.15. The third-order valence-corrected chi connectivity index (χ3v) is 4.15. The molecule has 1 unspecified atom stereocenters. The Bertz CT molecular complexity index is 383. The van der Waals surface area contributed by atoms with Crippen molar-refractivity contribution in [3.05, 3.63) is 35.4 Å². The van der Waals surface area contributed by atoms with Crippen molar-refractivity contribution in [2.24, 2.45) is 0 Å². The fraction of sp³-hybridized carbons (Fsp3) is 0.647. The molecule has 19 heavy (non-hydrogen) atoms. The first-order valence-corrected chi connectivity index (χ1v) is 7.43. The highest BCUT2D eigenvalue weighted by Gasteiger charge is 2.32. The Labute approximate surface area is 119 Å². The molecule has 0 saturated carbocycles. The van der Waals surface area contributed by atoms with E-state index in [0.717, 1.165) is 19.4 Å². The van der Waals surface area contributed by atoms with Crippen LogP contribution in [0.25, 0.3) is 0 Å². The average Bonchev–Trinajstić information content (AvgIpc) is 2.39. The van der Waals surface area contributed by atoms with Crippen LogP contribution in [0, 0.1) is 0 Å². The Kier molecular flexibility index (Phi) is 6.02. The number of hydrogen-bond acceptors (Lipinski definition) is 2. The van der Waals surface area contributed by atoms with Gasteiger partial charge in [-0.15, -0.1) is 0 Å². The molecular weight excluding hydrogens is 232 g/mol. The fourth-order valence-corrected chi connectivity index (χ4v) is 2.31. The highest BCUT2D eigenvalue weighted by atomic mass is 15.2. The van der Waals surface area contributed by atoms with Gasteiger partial charge in [0.25, 0.3) is 0 Å². The summed E-state index contributed by atoms with van der Waals surface area (Å²) in [6, 6.07) is 9.34. The SMILES string of the molecule is CCCNC(c1cccc(CC)c1)C(C)(C)N(C)C. The first-order chi connectivity index (χ1) is 8.93. The minimum atomic E-state index is 0.0849. The van der Waals surface area contributed by atoms with E-state index < -0.39 is 0 Å². The Morgan fingerprint density at radius 3 is 2.42 bits per heavy atom. The van der Waals surface area contributed by atoms with Crippen LogP contribution in [0.4, 0.5) is 0 Å². The molecule has 0 amide bonds. The zero-order valence-electron chi connectivity index (χ0n) is 13.5. The monoisotopic (exact) mass is 262 g/mol. The number of likely N-dealkylation sites (N-methyl/N-ethyl adjacent to an activating group) is 1. The molecule has 0 fully saturated rings. The molecule has 0 radical (unpaired) electrons. The summed E-state index contributed by atoms with van der Waals surface area (Å²) in [5, 5.41) is 3.72. The van der Waals surface area contributed by atoms with Crippen molar-refractivity contribution in [2.45, 2.75) is 52.1 Å². The maximum atomic E-state index is 3.72. The molecule has 1 rings (SSSR count). The number of nitrogens with one attached hydrogen (secondary N) is 1. The van der Waals surface area contributed by atoms with Crippen molar-refractivity contribution >= 4 is 0 Å². The topological polar surface area (TPSA) is 15.3 Å². The molecule has 0 heterocycles. The van der Waals surface area contributed by atoms with Gasteiger partial charge in [0.05, 0.1) is 6.04 Å². The van der Waals surface area contributed by atoms with E-state index in [2.05, 4.69) is 76.3 Å². The van der Waals surface area contributed by atoms with Crippen LogP contribution in [-0.4, -0.2) is 31.1 Å². The van der Waals surface area contributed by atoms with E-state index in [1.807, 2.05) is 0 Å². The zero-order chi connectivity index (χ0) is 14.5. The van der Waals surface area contributed by atoms with Crippen LogP contribution in [0.2, 0.25) is 0 Å². The summed E-state index contributed by atoms with van der Waals surface area (Å²) in [5.41, 5.74) is 2.89. The van der Waals surface area contributed by atoms with Crippen LogP contribution in [0.3, 0.4) is 0 Å². The van der Waals surface area contributed by atoms with Crippen LogP contribution < -0.4 is 5.32 Å². The third kappa shape index (κ3) is 4.05. The van der Waals surface area contributed by atoms with Gasteiger partial charge in [-0.3, -0.25) is 0 Å². The molecule has 0 bridgehead atoms. The van der Waals surface area contributed by atoms with Gasteiger partial charge < -0.3 is 10.2 Å². The molecule has 0 aliphatic carbocycles. The van der Waals surface area contributed by atoms with Gasteiger partial charge in [0.15, 0.2) is 0 Å². The number of nitrogens with zero attached hydrogens (tertiary/aromatic N) is 1. The molecule has 0 spiro atoms. The minimum absolute atomic E-state index is 0.0849. The van der Waals surface area contributed by atoms with Crippen molar-refractivity contribution in [3.8, 4) is 0 Å². The first-order valence-electron chi connectivity index (χ1n) is 7.43. The molecule has 0 aliphatic heterocycles. The van der Waals surface area contributed by atoms with Gasteiger partial charge in [-0.1, -0.05) is 38.1 Å². The fourth-order valence-electron chi connectivity index (χ4n) is 2.31. The molecule has 1 N–H and O–H groups in total. The Balaban J connectivity index is 3.08. The summed E-state index contributed by atoms with van der Waals surface area (Å²) in [6.45, 7) is 10.1. The molecular formula is C17H30N2. The molecule has 2 heteroatoms. The van der Waals surface area contributed by atoms with E-state index in [1.54, 1.807) is 0 Å². The molecule has 0 saturated heterocycles. The molecule has 0 aromatic heterocycles. The first kappa shape index (κ1) is 16.2. The normalized spacial score (nSPS) is 13.8. The number of rotatable bonds is 7. The van der Waals surface area contributed by atoms with E-state index in [0.29, 0.717) is 6.04 Å². The van der Waals surface area contributed by atoms with E-state index >= 15 is 0 Å². The average molecular weight is 262 g/mol. The maximum absolute atomic E-state index is 3.72. The van der Waals surface area contributed by atoms with E-state index in [1.165, 1.54) is 11.1 Å². The number of benzene rings is 1. The molecule has 1 atom stereocenters. The lowest BCUT2D eigenvalue weighted by atomic mass is 9.86. The van der Waals surface area contributed by atoms with Crippen molar-refractivity contribution < 1.29 is 0 Å². The van der Waals surface area contributed by atoms with Crippen LogP contribution in [-0.2, 0) is 6.42 Å². The van der Waals surface area contributed by atoms with Gasteiger partial charge in [0.2, 0.25) is 0 Å². The zero-order valence-corrected chi connectivity index (χ0v) is 13.5. The lowest BCUT2D eigenvalue weighted by molar-refractivity contribution is 0.138. The summed E-state index contributed by atoms with van der Waals surface area (Å²) in [7, 11) is 4.31. The summed E-state index contributed by atoms with van der Waals surface area (Å²) in [4.78, 5) is 2.30. The Hall–Kier alpha value is -0.860. The van der Waals surface area contributed by atoms with Crippen LogP contribution >= 0.6 is 0 Å². The standard InChI is InChI=1S/C17H30N2/c1-7-12-18-16(17(3,4)19(5)6)15-11-9-10-14(8-2)13-15/h9-11,13,16,18H,7-8,12H2,1-6H3. The second-order valence-electron chi connectivity index (χ2n) is 6.03. The largest absolute Gasteiger partial charge is 0.308 e. The predicted octanol–water partition coefficient (Wildman–Crippen LogP) is 3.63. The molecule has 1 aromatic carbocycles. The summed E-state index contributed by atoms with van der Waals surface area (Å²) in [6.07, 6.45) is 2.25. The second kappa shape index (κ2) is 7.06. The lowest BCUT2D eigenvalue weighted by Gasteiger charge is -2.41. The number of aryl methyl sites for hydroxylation is 1. The van der Waals surface area contributed by atoms with E-state index in [-0.39, 0.29) is 5.54 Å². The van der Waals surface area contributed by atoms with Crippen LogP contribution in [0.15, 0.2) is 24.3 Å². The molecule has 0 aliphatic rings. The van der Waals surface area contributed by atoms with E-state index in [4.69, 9.17) is 0 Å². The minimum Gasteiger partial charge on any atom is -0.308 e. The van der Waals surface area contributed by atoms with Crippen molar-refractivity contribution in [3.63, 3.8) is 0 Å². The van der Waals surface area contributed by atoms with Crippen LogP contribution in [0.1, 0.15) is 51.3 Å². The van der Waals surface area contributed by atoms with Gasteiger partial charge in [0, 0.05) is 5.54 Å².